The number of amides is 1. The summed E-state index contributed by atoms with van der Waals surface area (Å²) in [6.45, 7) is 6.49. The number of rotatable bonds is 3. The Kier molecular flexibility index (Phi) is 6.57. The molecule has 0 aromatic rings. The third-order valence-electron chi connectivity index (χ3n) is 4.25. The van der Waals surface area contributed by atoms with Gasteiger partial charge in [0.05, 0.1) is 12.0 Å². The van der Waals surface area contributed by atoms with E-state index in [-0.39, 0.29) is 17.8 Å². The van der Waals surface area contributed by atoms with Gasteiger partial charge < -0.3 is 15.0 Å². The molecule has 0 aliphatic carbocycles. The maximum Gasteiger partial charge on any atom is 0.229 e. The Bertz CT molecular complexity index is 287. The van der Waals surface area contributed by atoms with Crippen LogP contribution in [0.5, 0.6) is 0 Å². The van der Waals surface area contributed by atoms with E-state index in [9.17, 15) is 4.79 Å². The lowest BCUT2D eigenvalue weighted by Crippen LogP contribution is -2.50. The van der Waals surface area contributed by atoms with Crippen molar-refractivity contribution in [3.8, 4) is 0 Å². The van der Waals surface area contributed by atoms with E-state index in [0.717, 1.165) is 52.1 Å². The Labute approximate surface area is 122 Å². The second-order valence-electron chi connectivity index (χ2n) is 6.11. The van der Waals surface area contributed by atoms with Crippen molar-refractivity contribution in [2.75, 3.05) is 39.9 Å². The number of halogens is 1. The minimum Gasteiger partial charge on any atom is -0.381 e. The standard InChI is InChI=1S/C14H26N2O2.ClH/c1-14(6-4-7-15-11-14)13(17)16(2)9-12-5-3-8-18-10-12;/h12,15H,3-11H2,1-2H3;1H. The van der Waals surface area contributed by atoms with Gasteiger partial charge in [0.15, 0.2) is 0 Å². The minimum absolute atomic E-state index is 0. The highest BCUT2D eigenvalue weighted by atomic mass is 35.5. The first-order valence-corrected chi connectivity index (χ1v) is 7.16. The fraction of sp³-hybridized carbons (Fsp3) is 0.929. The topological polar surface area (TPSA) is 41.6 Å². The Balaban J connectivity index is 0.00000180. The molecule has 2 atom stereocenters. The Morgan fingerprint density at radius 2 is 2.26 bits per heavy atom. The summed E-state index contributed by atoms with van der Waals surface area (Å²) in [4.78, 5) is 14.5. The van der Waals surface area contributed by atoms with Crippen molar-refractivity contribution in [2.24, 2.45) is 11.3 Å². The lowest BCUT2D eigenvalue weighted by Gasteiger charge is -2.37. The molecule has 2 aliphatic rings. The van der Waals surface area contributed by atoms with Crippen molar-refractivity contribution in [3.63, 3.8) is 0 Å². The maximum absolute atomic E-state index is 12.5. The number of nitrogens with zero attached hydrogens (tertiary/aromatic N) is 1. The second kappa shape index (κ2) is 7.46. The van der Waals surface area contributed by atoms with Gasteiger partial charge >= 0.3 is 0 Å². The van der Waals surface area contributed by atoms with Crippen molar-refractivity contribution < 1.29 is 9.53 Å². The van der Waals surface area contributed by atoms with Gasteiger partial charge in [-0.25, -0.2) is 0 Å². The van der Waals surface area contributed by atoms with Crippen molar-refractivity contribution in [2.45, 2.75) is 32.6 Å². The number of nitrogens with one attached hydrogen (secondary N) is 1. The number of carbonyl (C=O) groups is 1. The van der Waals surface area contributed by atoms with Gasteiger partial charge in [0.25, 0.3) is 0 Å². The number of hydrogen-bond acceptors (Lipinski definition) is 3. The van der Waals surface area contributed by atoms with Crippen LogP contribution < -0.4 is 5.32 Å². The molecule has 2 unspecified atom stereocenters. The monoisotopic (exact) mass is 290 g/mol. The van der Waals surface area contributed by atoms with Gasteiger partial charge in [0.2, 0.25) is 5.91 Å². The molecule has 1 amide bonds. The molecule has 2 rings (SSSR count). The van der Waals surface area contributed by atoms with Gasteiger partial charge in [-0.2, -0.15) is 0 Å². The van der Waals surface area contributed by atoms with Crippen LogP contribution in [-0.4, -0.2) is 50.7 Å². The molecular formula is C14H27ClN2O2. The van der Waals surface area contributed by atoms with Gasteiger partial charge in [0.1, 0.15) is 0 Å². The molecule has 0 saturated carbocycles. The van der Waals surface area contributed by atoms with Crippen molar-refractivity contribution in [3.05, 3.63) is 0 Å². The lowest BCUT2D eigenvalue weighted by molar-refractivity contribution is -0.142. The first-order chi connectivity index (χ1) is 8.62. The zero-order chi connectivity index (χ0) is 13.0. The van der Waals surface area contributed by atoms with Gasteiger partial charge in [0, 0.05) is 26.7 Å². The molecule has 112 valence electrons. The minimum atomic E-state index is -0.206. The maximum atomic E-state index is 12.5. The molecular weight excluding hydrogens is 264 g/mol. The third-order valence-corrected chi connectivity index (χ3v) is 4.25. The molecule has 2 heterocycles. The molecule has 5 heteroatoms. The molecule has 0 aromatic carbocycles. The summed E-state index contributed by atoms with van der Waals surface area (Å²) in [6.07, 6.45) is 4.42. The van der Waals surface area contributed by atoms with E-state index >= 15 is 0 Å². The van der Waals surface area contributed by atoms with Gasteiger partial charge in [-0.1, -0.05) is 0 Å². The SMILES string of the molecule is CN(CC1CCCOC1)C(=O)C1(C)CCCNC1.Cl. The highest BCUT2D eigenvalue weighted by Crippen LogP contribution is 2.28. The zero-order valence-electron chi connectivity index (χ0n) is 12.1. The quantitative estimate of drug-likeness (QED) is 0.860. The first-order valence-electron chi connectivity index (χ1n) is 7.16. The van der Waals surface area contributed by atoms with Crippen molar-refractivity contribution in [1.82, 2.24) is 10.2 Å². The molecule has 0 bridgehead atoms. The summed E-state index contributed by atoms with van der Waals surface area (Å²) >= 11 is 0. The van der Waals surface area contributed by atoms with Crippen LogP contribution in [0.25, 0.3) is 0 Å². The van der Waals surface area contributed by atoms with Crippen LogP contribution in [-0.2, 0) is 9.53 Å². The number of carbonyl (C=O) groups excluding carboxylic acids is 1. The van der Waals surface area contributed by atoms with Crippen LogP contribution in [0.2, 0.25) is 0 Å². The number of hydrogen-bond donors (Lipinski definition) is 1. The lowest BCUT2D eigenvalue weighted by atomic mass is 9.81. The highest BCUT2D eigenvalue weighted by molar-refractivity contribution is 5.85. The normalized spacial score (nSPS) is 31.4. The Morgan fingerprint density at radius 3 is 2.84 bits per heavy atom. The molecule has 4 nitrogen and oxygen atoms in total. The average Bonchev–Trinajstić information content (AvgIpc) is 2.40. The van der Waals surface area contributed by atoms with Crippen LogP contribution in [0.3, 0.4) is 0 Å². The van der Waals surface area contributed by atoms with E-state index in [4.69, 9.17) is 4.74 Å². The summed E-state index contributed by atoms with van der Waals surface area (Å²) in [5.41, 5.74) is -0.206. The fourth-order valence-corrected chi connectivity index (χ4v) is 3.12. The average molecular weight is 291 g/mol. The number of ether oxygens (including phenoxy) is 1. The molecule has 0 spiro atoms. The predicted octanol–water partition coefficient (Wildman–Crippen LogP) is 1.68. The van der Waals surface area contributed by atoms with E-state index in [1.54, 1.807) is 0 Å². The van der Waals surface area contributed by atoms with Gasteiger partial charge in [-0.15, -0.1) is 12.4 Å². The van der Waals surface area contributed by atoms with E-state index < -0.39 is 0 Å². The predicted molar refractivity (Wildman–Crippen MR) is 78.6 cm³/mol. The highest BCUT2D eigenvalue weighted by Gasteiger charge is 2.37. The smallest absolute Gasteiger partial charge is 0.229 e. The summed E-state index contributed by atoms with van der Waals surface area (Å²) in [5, 5.41) is 3.34. The Morgan fingerprint density at radius 1 is 1.47 bits per heavy atom. The number of piperidine rings is 1. The Hall–Kier alpha value is -0.320. The second-order valence-corrected chi connectivity index (χ2v) is 6.11. The summed E-state index contributed by atoms with van der Waals surface area (Å²) in [6, 6.07) is 0. The van der Waals surface area contributed by atoms with Crippen LogP contribution in [0.15, 0.2) is 0 Å². The molecule has 0 aromatic heterocycles. The van der Waals surface area contributed by atoms with Crippen LogP contribution >= 0.6 is 12.4 Å². The molecule has 2 aliphatic heterocycles. The van der Waals surface area contributed by atoms with Crippen molar-refractivity contribution in [1.29, 1.82) is 0 Å². The molecule has 0 radical (unpaired) electrons. The van der Waals surface area contributed by atoms with Crippen LogP contribution in [0.4, 0.5) is 0 Å². The van der Waals surface area contributed by atoms with E-state index in [0.29, 0.717) is 11.8 Å². The van der Waals surface area contributed by atoms with Gasteiger partial charge in [-0.3, -0.25) is 4.79 Å². The van der Waals surface area contributed by atoms with Crippen LogP contribution in [0.1, 0.15) is 32.6 Å². The van der Waals surface area contributed by atoms with Crippen molar-refractivity contribution >= 4 is 18.3 Å². The van der Waals surface area contributed by atoms with E-state index in [1.165, 1.54) is 6.42 Å². The summed E-state index contributed by atoms with van der Waals surface area (Å²) in [7, 11) is 1.94. The molecule has 19 heavy (non-hydrogen) atoms. The van der Waals surface area contributed by atoms with E-state index in [1.807, 2.05) is 11.9 Å². The van der Waals surface area contributed by atoms with Crippen LogP contribution in [0, 0.1) is 11.3 Å². The summed E-state index contributed by atoms with van der Waals surface area (Å²) in [5.74, 6) is 0.813. The van der Waals surface area contributed by atoms with E-state index in [2.05, 4.69) is 12.2 Å². The first kappa shape index (κ1) is 16.7. The van der Waals surface area contributed by atoms with Gasteiger partial charge in [-0.05, 0) is 45.1 Å². The molecule has 1 N–H and O–H groups in total. The fourth-order valence-electron chi connectivity index (χ4n) is 3.12. The largest absolute Gasteiger partial charge is 0.381 e. The summed E-state index contributed by atoms with van der Waals surface area (Å²) < 4.78 is 5.48. The third kappa shape index (κ3) is 4.33. The zero-order valence-corrected chi connectivity index (χ0v) is 12.9. The molecule has 2 saturated heterocycles. The molecule has 2 fully saturated rings.